The van der Waals surface area contributed by atoms with Gasteiger partial charge < -0.3 is 20.1 Å². The number of ether oxygens (including phenoxy) is 2. The van der Waals surface area contributed by atoms with E-state index in [-0.39, 0.29) is 24.6 Å². The molecule has 0 saturated heterocycles. The van der Waals surface area contributed by atoms with Crippen molar-refractivity contribution in [3.63, 3.8) is 0 Å². The molecule has 1 saturated carbocycles. The van der Waals surface area contributed by atoms with Crippen LogP contribution in [0.5, 0.6) is 11.5 Å². The van der Waals surface area contributed by atoms with Crippen LogP contribution in [0.2, 0.25) is 0 Å². The number of fused-ring (bicyclic) bond motifs is 1. The lowest BCUT2D eigenvalue weighted by molar-refractivity contribution is 0.0952. The highest BCUT2D eigenvalue weighted by Crippen LogP contribution is 2.32. The summed E-state index contributed by atoms with van der Waals surface area (Å²) in [5.74, 6) is 0.692. The molecule has 0 atom stereocenters. The minimum atomic E-state index is -0.306. The number of hydrogen-bond donors (Lipinski definition) is 2. The van der Waals surface area contributed by atoms with Crippen molar-refractivity contribution in [1.82, 2.24) is 5.32 Å². The second-order valence-electron chi connectivity index (χ2n) is 5.82. The third-order valence-electron chi connectivity index (χ3n) is 3.97. The van der Waals surface area contributed by atoms with Crippen LogP contribution in [-0.4, -0.2) is 24.6 Å². The molecule has 0 aromatic heterocycles. The molecule has 2 aromatic carbocycles. The summed E-state index contributed by atoms with van der Waals surface area (Å²) in [4.78, 5) is 24.8. The van der Waals surface area contributed by atoms with E-state index in [1.807, 2.05) is 0 Å². The van der Waals surface area contributed by atoms with E-state index >= 15 is 0 Å². The van der Waals surface area contributed by atoms with E-state index in [9.17, 15) is 9.59 Å². The fourth-order valence-electron chi connectivity index (χ4n) is 2.51. The van der Waals surface area contributed by atoms with Gasteiger partial charge in [-0.15, -0.1) is 0 Å². The number of carbonyl (C=O) groups excluding carboxylic acids is 2. The zero-order chi connectivity index (χ0) is 16.5. The van der Waals surface area contributed by atoms with Crippen molar-refractivity contribution in [2.45, 2.75) is 18.9 Å². The van der Waals surface area contributed by atoms with Gasteiger partial charge in [-0.1, -0.05) is 12.1 Å². The highest BCUT2D eigenvalue weighted by Gasteiger charge is 2.25. The summed E-state index contributed by atoms with van der Waals surface area (Å²) in [6.45, 7) is 0.157. The largest absolute Gasteiger partial charge is 0.454 e. The first kappa shape index (κ1) is 14.6. The van der Waals surface area contributed by atoms with Crippen molar-refractivity contribution in [3.05, 3.63) is 53.6 Å². The molecule has 2 amide bonds. The van der Waals surface area contributed by atoms with Gasteiger partial charge in [-0.25, -0.2) is 0 Å². The number of amides is 2. The van der Waals surface area contributed by atoms with Crippen molar-refractivity contribution in [3.8, 4) is 11.5 Å². The van der Waals surface area contributed by atoms with E-state index in [0.29, 0.717) is 28.3 Å². The summed E-state index contributed by atoms with van der Waals surface area (Å²) in [5.41, 5.74) is 1.38. The second kappa shape index (κ2) is 5.88. The van der Waals surface area contributed by atoms with E-state index < -0.39 is 0 Å². The Balaban J connectivity index is 1.54. The molecule has 0 bridgehead atoms. The lowest BCUT2D eigenvalue weighted by Gasteiger charge is -2.11. The first-order chi connectivity index (χ1) is 11.7. The zero-order valence-electron chi connectivity index (χ0n) is 12.9. The number of para-hydroxylation sites is 1. The summed E-state index contributed by atoms with van der Waals surface area (Å²) in [6, 6.07) is 12.2. The summed E-state index contributed by atoms with van der Waals surface area (Å²) < 4.78 is 10.5. The van der Waals surface area contributed by atoms with Gasteiger partial charge in [0.15, 0.2) is 11.5 Å². The van der Waals surface area contributed by atoms with Crippen LogP contribution in [0.15, 0.2) is 42.5 Å². The fourth-order valence-corrected chi connectivity index (χ4v) is 2.51. The minimum Gasteiger partial charge on any atom is -0.454 e. The fraction of sp³-hybridized carbons (Fsp3) is 0.222. The van der Waals surface area contributed by atoms with Crippen molar-refractivity contribution in [2.75, 3.05) is 12.1 Å². The molecule has 0 spiro atoms. The number of benzene rings is 2. The molecule has 1 heterocycles. The highest BCUT2D eigenvalue weighted by atomic mass is 16.7. The molecule has 2 aliphatic rings. The Bertz CT molecular complexity index is 814. The molecule has 0 radical (unpaired) electrons. The average Bonchev–Trinajstić information content (AvgIpc) is 3.28. The van der Waals surface area contributed by atoms with Gasteiger partial charge in [0.25, 0.3) is 11.8 Å². The predicted molar refractivity (Wildman–Crippen MR) is 87.4 cm³/mol. The van der Waals surface area contributed by atoms with E-state index in [4.69, 9.17) is 9.47 Å². The molecule has 1 aliphatic heterocycles. The van der Waals surface area contributed by atoms with E-state index in [1.165, 1.54) is 0 Å². The monoisotopic (exact) mass is 324 g/mol. The number of carbonyl (C=O) groups is 2. The quantitative estimate of drug-likeness (QED) is 0.906. The number of rotatable bonds is 4. The zero-order valence-corrected chi connectivity index (χ0v) is 12.9. The van der Waals surface area contributed by atoms with Crippen molar-refractivity contribution < 1.29 is 19.1 Å². The Morgan fingerprint density at radius 3 is 2.58 bits per heavy atom. The minimum absolute atomic E-state index is 0.157. The topological polar surface area (TPSA) is 76.7 Å². The normalized spacial score (nSPS) is 15.0. The van der Waals surface area contributed by atoms with Crippen molar-refractivity contribution in [1.29, 1.82) is 0 Å². The van der Waals surface area contributed by atoms with Gasteiger partial charge in [-0.3, -0.25) is 9.59 Å². The standard InChI is InChI=1S/C18H16N2O4/c21-17(11-5-8-15-16(9-11)24-10-23-15)20-14-4-2-1-3-13(14)18(22)19-12-6-7-12/h1-5,8-9,12H,6-7,10H2,(H,19,22)(H,20,21). The molecule has 2 aromatic rings. The van der Waals surface area contributed by atoms with Crippen LogP contribution in [0.25, 0.3) is 0 Å². The van der Waals surface area contributed by atoms with Gasteiger partial charge in [0.1, 0.15) is 0 Å². The molecule has 1 fully saturated rings. The van der Waals surface area contributed by atoms with E-state index in [2.05, 4.69) is 10.6 Å². The van der Waals surface area contributed by atoms with Gasteiger partial charge in [-0.2, -0.15) is 0 Å². The lowest BCUT2D eigenvalue weighted by atomic mass is 10.1. The van der Waals surface area contributed by atoms with Crippen LogP contribution in [0.1, 0.15) is 33.6 Å². The Morgan fingerprint density at radius 2 is 1.75 bits per heavy atom. The van der Waals surface area contributed by atoms with Crippen molar-refractivity contribution in [2.24, 2.45) is 0 Å². The lowest BCUT2D eigenvalue weighted by Crippen LogP contribution is -2.27. The van der Waals surface area contributed by atoms with Crippen LogP contribution in [0.4, 0.5) is 5.69 Å². The SMILES string of the molecule is O=C(Nc1ccccc1C(=O)NC1CC1)c1ccc2c(c1)OCO2. The molecule has 122 valence electrons. The van der Waals surface area contributed by atoms with Gasteiger partial charge in [0, 0.05) is 11.6 Å². The Kier molecular flexibility index (Phi) is 3.57. The van der Waals surface area contributed by atoms with E-state index in [1.54, 1.807) is 42.5 Å². The molecule has 2 N–H and O–H groups in total. The van der Waals surface area contributed by atoms with Crippen LogP contribution >= 0.6 is 0 Å². The molecule has 6 heteroatoms. The summed E-state index contributed by atoms with van der Waals surface area (Å²) in [7, 11) is 0. The summed E-state index contributed by atoms with van der Waals surface area (Å²) in [5, 5.41) is 5.73. The van der Waals surface area contributed by atoms with Gasteiger partial charge in [0.2, 0.25) is 6.79 Å². The molecular formula is C18H16N2O4. The molecule has 6 nitrogen and oxygen atoms in total. The summed E-state index contributed by atoms with van der Waals surface area (Å²) >= 11 is 0. The Morgan fingerprint density at radius 1 is 0.958 bits per heavy atom. The first-order valence-corrected chi connectivity index (χ1v) is 7.81. The second-order valence-corrected chi connectivity index (χ2v) is 5.82. The third kappa shape index (κ3) is 2.90. The van der Waals surface area contributed by atoms with Crippen LogP contribution in [0.3, 0.4) is 0 Å². The average molecular weight is 324 g/mol. The molecule has 0 unspecified atom stereocenters. The van der Waals surface area contributed by atoms with E-state index in [0.717, 1.165) is 12.8 Å². The maximum atomic E-state index is 12.5. The highest BCUT2D eigenvalue weighted by molar-refractivity contribution is 6.09. The van der Waals surface area contributed by atoms with Crippen LogP contribution in [-0.2, 0) is 0 Å². The molecular weight excluding hydrogens is 308 g/mol. The van der Waals surface area contributed by atoms with Crippen LogP contribution in [0, 0.1) is 0 Å². The first-order valence-electron chi connectivity index (χ1n) is 7.81. The van der Waals surface area contributed by atoms with Gasteiger partial charge >= 0.3 is 0 Å². The number of nitrogens with one attached hydrogen (secondary N) is 2. The molecule has 4 rings (SSSR count). The maximum absolute atomic E-state index is 12.5. The van der Waals surface area contributed by atoms with Crippen LogP contribution < -0.4 is 20.1 Å². The smallest absolute Gasteiger partial charge is 0.255 e. The number of hydrogen-bond acceptors (Lipinski definition) is 4. The predicted octanol–water partition coefficient (Wildman–Crippen LogP) is 2.56. The third-order valence-corrected chi connectivity index (χ3v) is 3.97. The van der Waals surface area contributed by atoms with Gasteiger partial charge in [0.05, 0.1) is 11.3 Å². The summed E-state index contributed by atoms with van der Waals surface area (Å²) in [6.07, 6.45) is 2.02. The van der Waals surface area contributed by atoms with Crippen molar-refractivity contribution >= 4 is 17.5 Å². The number of anilines is 1. The Labute approximate surface area is 138 Å². The molecule has 1 aliphatic carbocycles. The van der Waals surface area contributed by atoms with Gasteiger partial charge in [-0.05, 0) is 43.2 Å². The maximum Gasteiger partial charge on any atom is 0.255 e. The Hall–Kier alpha value is -3.02. The molecule has 24 heavy (non-hydrogen) atoms.